The predicted molar refractivity (Wildman–Crippen MR) is 22.7 cm³/mol. The van der Waals surface area contributed by atoms with E-state index in [0.29, 0.717) is 0 Å². The van der Waals surface area contributed by atoms with Gasteiger partial charge in [-0.2, -0.15) is 0 Å². The van der Waals surface area contributed by atoms with Crippen molar-refractivity contribution < 1.29 is 9.50 Å². The molecule has 0 fully saturated rings. The normalized spacial score (nSPS) is 14.5. The Labute approximate surface area is 40.7 Å². The van der Waals surface area contributed by atoms with E-state index < -0.39 is 12.8 Å². The van der Waals surface area contributed by atoms with Gasteiger partial charge < -0.3 is 5.11 Å². The minimum Gasteiger partial charge on any atom is -0.393 e. The van der Waals surface area contributed by atoms with Gasteiger partial charge in [-0.15, -0.1) is 11.6 Å². The fraction of sp³-hybridized carbons (Fsp3) is 1.00. The molecule has 3 heteroatoms. The van der Waals surface area contributed by atoms with Crippen molar-refractivity contribution in [2.75, 3.05) is 12.5 Å². The van der Waals surface area contributed by atoms with Crippen molar-refractivity contribution in [2.45, 2.75) is 6.17 Å². The Morgan fingerprint density at radius 1 is 1.83 bits per heavy atom. The number of rotatable bonds is 2. The molecule has 0 spiro atoms. The summed E-state index contributed by atoms with van der Waals surface area (Å²) >= 11 is 4.92. The fourth-order valence-corrected chi connectivity index (χ4v) is 0.146. The van der Waals surface area contributed by atoms with Crippen LogP contribution in [0.15, 0.2) is 0 Å². The van der Waals surface area contributed by atoms with Crippen molar-refractivity contribution in [3.8, 4) is 0 Å². The lowest BCUT2D eigenvalue weighted by atomic mass is 10.5. The Morgan fingerprint density at radius 3 is 2.33 bits per heavy atom. The second-order valence-electron chi connectivity index (χ2n) is 0.934. The van der Waals surface area contributed by atoms with Gasteiger partial charge in [-0.05, 0) is 0 Å². The summed E-state index contributed by atoms with van der Waals surface area (Å²) in [5.74, 6) is -0.115. The summed E-state index contributed by atoms with van der Waals surface area (Å²) in [5, 5.41) is 7.88. The molecule has 0 aliphatic carbocycles. The monoisotopic (exact) mass is 112 g/mol. The Bertz CT molecular complexity index is 30.0. The minimum atomic E-state index is -1.24. The highest BCUT2D eigenvalue weighted by Crippen LogP contribution is 1.89. The summed E-state index contributed by atoms with van der Waals surface area (Å²) < 4.78 is 11.5. The third kappa shape index (κ3) is 2.42. The van der Waals surface area contributed by atoms with Crippen LogP contribution in [0.1, 0.15) is 0 Å². The largest absolute Gasteiger partial charge is 0.393 e. The second kappa shape index (κ2) is 3.37. The van der Waals surface area contributed by atoms with Crippen molar-refractivity contribution in [3.05, 3.63) is 0 Å². The molecule has 0 heterocycles. The average molecular weight is 113 g/mol. The molecule has 1 atom stereocenters. The van der Waals surface area contributed by atoms with Gasteiger partial charge in [0, 0.05) is 0 Å². The van der Waals surface area contributed by atoms with Crippen LogP contribution in [0.3, 0.4) is 0 Å². The summed E-state index contributed by atoms with van der Waals surface area (Å²) in [7, 11) is 0. The van der Waals surface area contributed by atoms with E-state index in [2.05, 4.69) is 0 Å². The number of alkyl halides is 2. The van der Waals surface area contributed by atoms with Gasteiger partial charge in [-0.25, -0.2) is 4.39 Å². The first kappa shape index (κ1) is 6.18. The third-order valence-corrected chi connectivity index (χ3v) is 0.700. The smallest absolute Gasteiger partial charge is 0.136 e. The molecule has 0 rings (SSSR count). The average Bonchev–Trinajstić information content (AvgIpc) is 1.65. The third-order valence-electron chi connectivity index (χ3n) is 0.366. The van der Waals surface area contributed by atoms with Crippen LogP contribution in [0.25, 0.3) is 0 Å². The highest BCUT2D eigenvalue weighted by Gasteiger charge is 1.97. The summed E-state index contributed by atoms with van der Waals surface area (Å²) in [4.78, 5) is 0. The lowest BCUT2D eigenvalue weighted by Gasteiger charge is -1.92. The fourth-order valence-electron chi connectivity index (χ4n) is 0.0488. The van der Waals surface area contributed by atoms with Gasteiger partial charge in [0.2, 0.25) is 0 Å². The molecule has 0 aliphatic rings. The zero-order valence-electron chi connectivity index (χ0n) is 3.19. The lowest BCUT2D eigenvalue weighted by molar-refractivity contribution is 0.193. The predicted octanol–water partition coefficient (Wildman–Crippen LogP) is 0.556. The summed E-state index contributed by atoms with van der Waals surface area (Å²) in [5.41, 5.74) is 0. The van der Waals surface area contributed by atoms with Crippen molar-refractivity contribution in [2.24, 2.45) is 0 Å². The van der Waals surface area contributed by atoms with Crippen molar-refractivity contribution in [1.82, 2.24) is 0 Å². The molecule has 1 unspecified atom stereocenters. The zero-order valence-corrected chi connectivity index (χ0v) is 3.95. The molecular weight excluding hydrogens is 106 g/mol. The van der Waals surface area contributed by atoms with Gasteiger partial charge in [0.15, 0.2) is 0 Å². The molecular formula is C3H6ClFO. The number of aliphatic hydroxyl groups excluding tert-OH is 1. The van der Waals surface area contributed by atoms with Crippen molar-refractivity contribution >= 4 is 11.6 Å². The molecule has 0 aliphatic heterocycles. The maximum Gasteiger partial charge on any atom is 0.136 e. The van der Waals surface area contributed by atoms with Crippen LogP contribution in [0.5, 0.6) is 0 Å². The van der Waals surface area contributed by atoms with E-state index in [1.54, 1.807) is 0 Å². The molecule has 0 radical (unpaired) electrons. The van der Waals surface area contributed by atoms with Crippen LogP contribution in [0.2, 0.25) is 0 Å². The molecule has 1 N–H and O–H groups in total. The van der Waals surface area contributed by atoms with Gasteiger partial charge in [-0.1, -0.05) is 0 Å². The maximum atomic E-state index is 11.5. The van der Waals surface area contributed by atoms with E-state index in [9.17, 15) is 4.39 Å². The quantitative estimate of drug-likeness (QED) is 0.518. The number of aliphatic hydroxyl groups is 1. The molecule has 0 bridgehead atoms. The lowest BCUT2D eigenvalue weighted by Crippen LogP contribution is -2.06. The van der Waals surface area contributed by atoms with Crippen LogP contribution in [-0.2, 0) is 0 Å². The summed E-state index contributed by atoms with van der Waals surface area (Å²) in [6.45, 7) is -0.469. The molecule has 1 nitrogen and oxygen atoms in total. The molecule has 0 amide bonds. The maximum absolute atomic E-state index is 11.5. The van der Waals surface area contributed by atoms with Gasteiger partial charge in [0.1, 0.15) is 6.17 Å². The summed E-state index contributed by atoms with van der Waals surface area (Å²) in [6.07, 6.45) is -1.24. The molecule has 0 saturated heterocycles. The number of hydrogen-bond acceptors (Lipinski definition) is 1. The van der Waals surface area contributed by atoms with Crippen LogP contribution in [0, 0.1) is 0 Å². The minimum absolute atomic E-state index is 0.115. The van der Waals surface area contributed by atoms with Crippen LogP contribution in [-0.4, -0.2) is 23.8 Å². The van der Waals surface area contributed by atoms with E-state index in [0.717, 1.165) is 0 Å². The molecule has 0 aromatic carbocycles. The highest BCUT2D eigenvalue weighted by atomic mass is 35.5. The molecule has 0 saturated carbocycles. The second-order valence-corrected chi connectivity index (χ2v) is 1.24. The first-order valence-electron chi connectivity index (χ1n) is 1.62. The van der Waals surface area contributed by atoms with E-state index in [-0.39, 0.29) is 5.88 Å². The van der Waals surface area contributed by atoms with Crippen molar-refractivity contribution in [3.63, 3.8) is 0 Å². The Hall–Kier alpha value is 0.180. The van der Waals surface area contributed by atoms with Gasteiger partial charge in [0.05, 0.1) is 12.5 Å². The van der Waals surface area contributed by atoms with Crippen LogP contribution < -0.4 is 0 Å². The molecule has 0 aromatic rings. The van der Waals surface area contributed by atoms with E-state index in [4.69, 9.17) is 16.7 Å². The summed E-state index contributed by atoms with van der Waals surface area (Å²) in [6, 6.07) is 0. The Kier molecular flexibility index (Phi) is 3.47. The van der Waals surface area contributed by atoms with E-state index in [1.807, 2.05) is 0 Å². The number of hydrogen-bond donors (Lipinski definition) is 1. The van der Waals surface area contributed by atoms with Crippen LogP contribution >= 0.6 is 11.6 Å². The number of halogens is 2. The Balaban J connectivity index is 2.75. The SMILES string of the molecule is OCC(F)CCl. The Morgan fingerprint density at radius 2 is 2.33 bits per heavy atom. The van der Waals surface area contributed by atoms with E-state index in [1.165, 1.54) is 0 Å². The van der Waals surface area contributed by atoms with Gasteiger partial charge >= 0.3 is 0 Å². The first-order valence-corrected chi connectivity index (χ1v) is 2.15. The van der Waals surface area contributed by atoms with Gasteiger partial charge in [0.25, 0.3) is 0 Å². The zero-order chi connectivity index (χ0) is 4.99. The van der Waals surface area contributed by atoms with Crippen LogP contribution in [0.4, 0.5) is 4.39 Å². The molecule has 0 aromatic heterocycles. The molecule has 38 valence electrons. The van der Waals surface area contributed by atoms with Gasteiger partial charge in [-0.3, -0.25) is 0 Å². The van der Waals surface area contributed by atoms with Crippen molar-refractivity contribution in [1.29, 1.82) is 0 Å². The first-order chi connectivity index (χ1) is 2.81. The standard InChI is InChI=1S/C3H6ClFO/c4-1-3(5)2-6/h3,6H,1-2H2. The molecule has 6 heavy (non-hydrogen) atoms. The topological polar surface area (TPSA) is 20.2 Å². The van der Waals surface area contributed by atoms with E-state index >= 15 is 0 Å². The highest BCUT2D eigenvalue weighted by molar-refractivity contribution is 6.18.